The van der Waals surface area contributed by atoms with Gasteiger partial charge in [-0.15, -0.1) is 0 Å². The first kappa shape index (κ1) is 10.9. The van der Waals surface area contributed by atoms with Gasteiger partial charge < -0.3 is 11.1 Å². The number of nitrogens with two attached hydrogens (primary N) is 1. The van der Waals surface area contributed by atoms with Crippen LogP contribution in [0.25, 0.3) is 0 Å². The third-order valence-corrected chi connectivity index (χ3v) is 2.12. The van der Waals surface area contributed by atoms with E-state index in [9.17, 15) is 0 Å². The summed E-state index contributed by atoms with van der Waals surface area (Å²) in [6.07, 6.45) is 2.21. The molecule has 0 saturated heterocycles. The standard InChI is InChI=1S/C9H22N2/c1-5-9(3,4)11-8(2)6-7-10/h8,11H,5-7,10H2,1-4H3. The second kappa shape index (κ2) is 4.73. The second-order valence-corrected chi connectivity index (χ2v) is 3.86. The Morgan fingerprint density at radius 2 is 2.00 bits per heavy atom. The molecule has 0 radical (unpaired) electrons. The summed E-state index contributed by atoms with van der Waals surface area (Å²) < 4.78 is 0. The van der Waals surface area contributed by atoms with Gasteiger partial charge in [0.05, 0.1) is 0 Å². The number of hydrogen-bond acceptors (Lipinski definition) is 2. The maximum Gasteiger partial charge on any atom is 0.0125 e. The Bertz CT molecular complexity index is 99.7. The molecule has 1 atom stereocenters. The largest absolute Gasteiger partial charge is 0.330 e. The van der Waals surface area contributed by atoms with Crippen molar-refractivity contribution in [2.24, 2.45) is 5.73 Å². The highest BCUT2D eigenvalue weighted by Crippen LogP contribution is 2.08. The smallest absolute Gasteiger partial charge is 0.0125 e. The van der Waals surface area contributed by atoms with E-state index in [4.69, 9.17) is 5.73 Å². The molecule has 0 aliphatic heterocycles. The van der Waals surface area contributed by atoms with Gasteiger partial charge in [-0.25, -0.2) is 0 Å². The molecule has 3 N–H and O–H groups in total. The molecule has 0 aromatic carbocycles. The Morgan fingerprint density at radius 3 is 2.36 bits per heavy atom. The lowest BCUT2D eigenvalue weighted by atomic mass is 10.0. The summed E-state index contributed by atoms with van der Waals surface area (Å²) in [5.74, 6) is 0. The lowest BCUT2D eigenvalue weighted by Crippen LogP contribution is -2.44. The van der Waals surface area contributed by atoms with Crippen molar-refractivity contribution < 1.29 is 0 Å². The maximum atomic E-state index is 5.45. The van der Waals surface area contributed by atoms with E-state index in [-0.39, 0.29) is 5.54 Å². The van der Waals surface area contributed by atoms with Crippen molar-refractivity contribution in [1.82, 2.24) is 5.32 Å². The quantitative estimate of drug-likeness (QED) is 0.636. The molecular formula is C9H22N2. The van der Waals surface area contributed by atoms with Crippen molar-refractivity contribution in [2.45, 2.75) is 52.1 Å². The van der Waals surface area contributed by atoms with Gasteiger partial charge in [-0.2, -0.15) is 0 Å². The van der Waals surface area contributed by atoms with E-state index in [1.807, 2.05) is 0 Å². The molecule has 0 spiro atoms. The molecule has 0 aliphatic rings. The van der Waals surface area contributed by atoms with Crippen molar-refractivity contribution >= 4 is 0 Å². The third kappa shape index (κ3) is 5.22. The van der Waals surface area contributed by atoms with Crippen LogP contribution in [0.2, 0.25) is 0 Å². The molecule has 0 aliphatic carbocycles. The van der Waals surface area contributed by atoms with E-state index in [1.165, 1.54) is 0 Å². The van der Waals surface area contributed by atoms with Crippen molar-refractivity contribution in [3.05, 3.63) is 0 Å². The van der Waals surface area contributed by atoms with E-state index in [0.717, 1.165) is 19.4 Å². The zero-order valence-corrected chi connectivity index (χ0v) is 8.28. The van der Waals surface area contributed by atoms with Gasteiger partial charge in [0, 0.05) is 11.6 Å². The van der Waals surface area contributed by atoms with Crippen molar-refractivity contribution in [3.63, 3.8) is 0 Å². The van der Waals surface area contributed by atoms with E-state index in [2.05, 4.69) is 33.0 Å². The Morgan fingerprint density at radius 1 is 1.45 bits per heavy atom. The highest BCUT2D eigenvalue weighted by Gasteiger charge is 2.16. The first-order valence-electron chi connectivity index (χ1n) is 4.49. The maximum absolute atomic E-state index is 5.45. The number of hydrogen-bond donors (Lipinski definition) is 2. The molecule has 68 valence electrons. The number of rotatable bonds is 5. The van der Waals surface area contributed by atoms with Gasteiger partial charge in [-0.05, 0) is 40.2 Å². The molecule has 0 amide bonds. The fourth-order valence-electron chi connectivity index (χ4n) is 1.09. The molecule has 0 heterocycles. The monoisotopic (exact) mass is 158 g/mol. The topological polar surface area (TPSA) is 38.0 Å². The van der Waals surface area contributed by atoms with E-state index in [0.29, 0.717) is 6.04 Å². The van der Waals surface area contributed by atoms with Crippen molar-refractivity contribution in [1.29, 1.82) is 0 Å². The van der Waals surface area contributed by atoms with E-state index < -0.39 is 0 Å². The van der Waals surface area contributed by atoms with Gasteiger partial charge in [-0.3, -0.25) is 0 Å². The van der Waals surface area contributed by atoms with Crippen LogP contribution in [-0.4, -0.2) is 18.1 Å². The van der Waals surface area contributed by atoms with Crippen LogP contribution in [-0.2, 0) is 0 Å². The van der Waals surface area contributed by atoms with Gasteiger partial charge in [0.2, 0.25) is 0 Å². The zero-order valence-electron chi connectivity index (χ0n) is 8.28. The molecule has 0 fully saturated rings. The highest BCUT2D eigenvalue weighted by molar-refractivity contribution is 4.78. The summed E-state index contributed by atoms with van der Waals surface area (Å²) in [6.45, 7) is 9.60. The van der Waals surface area contributed by atoms with Gasteiger partial charge in [-0.1, -0.05) is 6.92 Å². The van der Waals surface area contributed by atoms with Crippen LogP contribution < -0.4 is 11.1 Å². The molecule has 1 unspecified atom stereocenters. The molecule has 2 heteroatoms. The van der Waals surface area contributed by atoms with E-state index in [1.54, 1.807) is 0 Å². The fourth-order valence-corrected chi connectivity index (χ4v) is 1.09. The minimum atomic E-state index is 0.259. The predicted molar refractivity (Wildman–Crippen MR) is 50.6 cm³/mol. The summed E-state index contributed by atoms with van der Waals surface area (Å²) in [6, 6.07) is 0.537. The molecule has 2 nitrogen and oxygen atoms in total. The molecule has 0 aromatic heterocycles. The van der Waals surface area contributed by atoms with Crippen LogP contribution in [0, 0.1) is 0 Å². The van der Waals surface area contributed by atoms with Crippen molar-refractivity contribution in [2.75, 3.05) is 6.54 Å². The summed E-state index contributed by atoms with van der Waals surface area (Å²) in [4.78, 5) is 0. The molecule has 0 rings (SSSR count). The minimum absolute atomic E-state index is 0.259. The number of nitrogens with one attached hydrogen (secondary N) is 1. The summed E-state index contributed by atoms with van der Waals surface area (Å²) in [5, 5.41) is 3.53. The average molecular weight is 158 g/mol. The van der Waals surface area contributed by atoms with Crippen LogP contribution in [0.15, 0.2) is 0 Å². The molecule has 11 heavy (non-hydrogen) atoms. The molecule has 0 aromatic rings. The Kier molecular flexibility index (Phi) is 4.69. The fraction of sp³-hybridized carbons (Fsp3) is 1.00. The van der Waals surface area contributed by atoms with Gasteiger partial charge in [0.25, 0.3) is 0 Å². The normalized spacial score (nSPS) is 15.0. The van der Waals surface area contributed by atoms with Gasteiger partial charge in [0.15, 0.2) is 0 Å². The average Bonchev–Trinajstić information content (AvgIpc) is 1.87. The SMILES string of the molecule is CCC(C)(C)NC(C)CCN. The molecule has 0 saturated carbocycles. The van der Waals surface area contributed by atoms with Crippen LogP contribution >= 0.6 is 0 Å². The van der Waals surface area contributed by atoms with Crippen LogP contribution in [0.1, 0.15) is 40.5 Å². The lowest BCUT2D eigenvalue weighted by Gasteiger charge is -2.28. The Hall–Kier alpha value is -0.0800. The minimum Gasteiger partial charge on any atom is -0.330 e. The van der Waals surface area contributed by atoms with E-state index >= 15 is 0 Å². The second-order valence-electron chi connectivity index (χ2n) is 3.86. The van der Waals surface area contributed by atoms with Crippen molar-refractivity contribution in [3.8, 4) is 0 Å². The summed E-state index contributed by atoms with van der Waals surface area (Å²) in [5.41, 5.74) is 5.71. The van der Waals surface area contributed by atoms with Crippen LogP contribution in [0.5, 0.6) is 0 Å². The first-order valence-corrected chi connectivity index (χ1v) is 4.49. The van der Waals surface area contributed by atoms with Crippen LogP contribution in [0.4, 0.5) is 0 Å². The highest BCUT2D eigenvalue weighted by atomic mass is 15.0. The third-order valence-electron chi connectivity index (χ3n) is 2.12. The molecular weight excluding hydrogens is 136 g/mol. The predicted octanol–water partition coefficient (Wildman–Crippen LogP) is 1.50. The summed E-state index contributed by atoms with van der Waals surface area (Å²) in [7, 11) is 0. The zero-order chi connectivity index (χ0) is 8.91. The Labute approximate surface area is 70.5 Å². The Balaban J connectivity index is 3.64. The van der Waals surface area contributed by atoms with Crippen LogP contribution in [0.3, 0.4) is 0 Å². The first-order chi connectivity index (χ1) is 5.02. The van der Waals surface area contributed by atoms with Gasteiger partial charge >= 0.3 is 0 Å². The summed E-state index contributed by atoms with van der Waals surface area (Å²) >= 11 is 0. The molecule has 0 bridgehead atoms. The lowest BCUT2D eigenvalue weighted by molar-refractivity contribution is 0.326. The van der Waals surface area contributed by atoms with Gasteiger partial charge in [0.1, 0.15) is 0 Å².